The molecule has 0 bridgehead atoms. The molecule has 0 radical (unpaired) electrons. The van der Waals surface area contributed by atoms with Crippen LogP contribution in [0.5, 0.6) is 0 Å². The van der Waals surface area contributed by atoms with Crippen LogP contribution in [0.25, 0.3) is 0 Å². The molecule has 0 saturated carbocycles. The molecule has 4 N–H and O–H groups in total. The average molecular weight is 539 g/mol. The number of benzene rings is 2. The fourth-order valence-corrected chi connectivity index (χ4v) is 4.87. The summed E-state index contributed by atoms with van der Waals surface area (Å²) >= 11 is 0. The van der Waals surface area contributed by atoms with Crippen LogP contribution in [0.2, 0.25) is 0 Å². The number of nitrogens with one attached hydrogen (secondary N) is 2. The highest BCUT2D eigenvalue weighted by atomic mass is 35.5. The molecule has 1 aliphatic heterocycles. The molecule has 2 atom stereocenters. The van der Waals surface area contributed by atoms with Crippen LogP contribution in [-0.2, 0) is 37.4 Å². The molecule has 1 unspecified atom stereocenters. The van der Waals surface area contributed by atoms with Crippen LogP contribution >= 0.6 is 12.4 Å². The molecule has 0 aromatic heterocycles. The van der Waals surface area contributed by atoms with E-state index in [-0.39, 0.29) is 44.6 Å². The second-order valence-electron chi connectivity index (χ2n) is 9.49. The van der Waals surface area contributed by atoms with Crippen LogP contribution in [0.15, 0.2) is 54.6 Å². The summed E-state index contributed by atoms with van der Waals surface area (Å²) in [5, 5.41) is 5.54. The molecule has 0 spiro atoms. The summed E-state index contributed by atoms with van der Waals surface area (Å²) in [4.78, 5) is 25.5. The summed E-state index contributed by atoms with van der Waals surface area (Å²) in [5.74, 6) is -1.02. The molecule has 198 valence electrons. The SMILES string of the molecule is CC(C)(N)C(=O)N[C@H](COCc1ccccc1)C(=O)NCC1Cc2ccccc2N(S(C)(=O)=O)C1.Cl. The summed E-state index contributed by atoms with van der Waals surface area (Å²) in [6.45, 7) is 3.87. The molecule has 1 aliphatic rings. The van der Waals surface area contributed by atoms with Crippen molar-refractivity contribution in [1.82, 2.24) is 10.6 Å². The van der Waals surface area contributed by atoms with E-state index in [0.29, 0.717) is 12.1 Å². The van der Waals surface area contributed by atoms with Gasteiger partial charge >= 0.3 is 0 Å². The Labute approximate surface area is 219 Å². The van der Waals surface area contributed by atoms with Crippen molar-refractivity contribution in [2.24, 2.45) is 11.7 Å². The number of hydrogen-bond acceptors (Lipinski definition) is 6. The smallest absolute Gasteiger partial charge is 0.245 e. The first-order valence-electron chi connectivity index (χ1n) is 11.5. The normalized spacial score (nSPS) is 16.3. The maximum absolute atomic E-state index is 13.0. The van der Waals surface area contributed by atoms with Crippen molar-refractivity contribution in [2.45, 2.75) is 38.5 Å². The van der Waals surface area contributed by atoms with Crippen molar-refractivity contribution in [3.63, 3.8) is 0 Å². The zero-order chi connectivity index (χ0) is 25.6. The Balaban J connectivity index is 0.00000456. The summed E-state index contributed by atoms with van der Waals surface area (Å²) in [6.07, 6.45) is 1.80. The molecular formula is C25H35ClN4O5S. The van der Waals surface area contributed by atoms with Gasteiger partial charge in [-0.2, -0.15) is 0 Å². The van der Waals surface area contributed by atoms with Gasteiger partial charge in [-0.15, -0.1) is 12.4 Å². The van der Waals surface area contributed by atoms with Gasteiger partial charge in [-0.1, -0.05) is 48.5 Å². The molecule has 0 aliphatic carbocycles. The Hall–Kier alpha value is -2.66. The molecule has 36 heavy (non-hydrogen) atoms. The third kappa shape index (κ3) is 8.19. The minimum atomic E-state index is -3.47. The van der Waals surface area contributed by atoms with Crippen molar-refractivity contribution in [3.05, 3.63) is 65.7 Å². The Morgan fingerprint density at radius 2 is 1.78 bits per heavy atom. The second-order valence-corrected chi connectivity index (χ2v) is 11.4. The number of ether oxygens (including phenoxy) is 1. The highest BCUT2D eigenvalue weighted by molar-refractivity contribution is 7.92. The first kappa shape index (κ1) is 29.6. The Kier molecular flexibility index (Phi) is 10.3. The standard InChI is InChI=1S/C25H34N4O5S.ClH/c1-25(2,26)24(31)28-21(17-34-16-18-9-5-4-6-10-18)23(30)27-14-19-13-20-11-7-8-12-22(20)29(15-19)35(3,32)33;/h4-12,19,21H,13-17,26H2,1-3H3,(H,27,30)(H,28,31);1H/t19?,21-;/m1./s1. The number of nitrogens with zero attached hydrogens (tertiary/aromatic N) is 1. The topological polar surface area (TPSA) is 131 Å². The van der Waals surface area contributed by atoms with Crippen LogP contribution in [0.1, 0.15) is 25.0 Å². The fourth-order valence-electron chi connectivity index (χ4n) is 3.85. The summed E-state index contributed by atoms with van der Waals surface area (Å²) < 4.78 is 31.8. The maximum atomic E-state index is 13.0. The lowest BCUT2D eigenvalue weighted by atomic mass is 9.94. The predicted octanol–water partition coefficient (Wildman–Crippen LogP) is 1.60. The molecule has 0 fully saturated rings. The lowest BCUT2D eigenvalue weighted by molar-refractivity contribution is -0.132. The number of anilines is 1. The second kappa shape index (κ2) is 12.5. The number of halogens is 1. The van der Waals surface area contributed by atoms with E-state index < -0.39 is 33.4 Å². The largest absolute Gasteiger partial charge is 0.374 e. The summed E-state index contributed by atoms with van der Waals surface area (Å²) in [6, 6.07) is 15.9. The number of rotatable bonds is 10. The first-order chi connectivity index (χ1) is 16.4. The van der Waals surface area contributed by atoms with Gasteiger partial charge < -0.3 is 21.1 Å². The van der Waals surface area contributed by atoms with Crippen molar-refractivity contribution < 1.29 is 22.7 Å². The quantitative estimate of drug-likeness (QED) is 0.421. The number of nitrogens with two attached hydrogens (primary N) is 1. The number of sulfonamides is 1. The minimum Gasteiger partial charge on any atom is -0.374 e. The van der Waals surface area contributed by atoms with Crippen molar-refractivity contribution in [1.29, 1.82) is 0 Å². The molecule has 11 heteroatoms. The minimum absolute atomic E-state index is 0. The van der Waals surface area contributed by atoms with Crippen molar-refractivity contribution >= 4 is 39.9 Å². The molecule has 2 aromatic carbocycles. The zero-order valence-corrected chi connectivity index (χ0v) is 22.4. The number of carbonyl (C=O) groups excluding carboxylic acids is 2. The van der Waals surface area contributed by atoms with Crippen LogP contribution in [0.4, 0.5) is 5.69 Å². The van der Waals surface area contributed by atoms with Crippen molar-refractivity contribution in [3.8, 4) is 0 Å². The summed E-state index contributed by atoms with van der Waals surface area (Å²) in [5.41, 5.74) is 7.25. The number of amides is 2. The van der Waals surface area contributed by atoms with E-state index in [0.717, 1.165) is 11.1 Å². The third-order valence-corrected chi connectivity index (χ3v) is 6.91. The van der Waals surface area contributed by atoms with E-state index in [9.17, 15) is 18.0 Å². The Bertz CT molecular complexity index is 1140. The number of fused-ring (bicyclic) bond motifs is 1. The van der Waals surface area contributed by atoms with E-state index in [1.807, 2.05) is 42.5 Å². The molecule has 0 saturated heterocycles. The van der Waals surface area contributed by atoms with Gasteiger partial charge in [-0.25, -0.2) is 8.42 Å². The van der Waals surface area contributed by atoms with Gasteiger partial charge in [0.15, 0.2) is 0 Å². The highest BCUT2D eigenvalue weighted by Crippen LogP contribution is 2.31. The van der Waals surface area contributed by atoms with Crippen molar-refractivity contribution in [2.75, 3.05) is 30.3 Å². The van der Waals surface area contributed by atoms with E-state index in [2.05, 4.69) is 10.6 Å². The lowest BCUT2D eigenvalue weighted by Crippen LogP contribution is -2.57. The van der Waals surface area contributed by atoms with Gasteiger partial charge in [0, 0.05) is 13.1 Å². The average Bonchev–Trinajstić information content (AvgIpc) is 2.80. The predicted molar refractivity (Wildman–Crippen MR) is 142 cm³/mol. The van der Waals surface area contributed by atoms with E-state index in [1.54, 1.807) is 26.0 Å². The number of carbonyl (C=O) groups is 2. The van der Waals surface area contributed by atoms with Gasteiger partial charge in [0.2, 0.25) is 21.8 Å². The Morgan fingerprint density at radius 3 is 2.42 bits per heavy atom. The lowest BCUT2D eigenvalue weighted by Gasteiger charge is -2.34. The first-order valence-corrected chi connectivity index (χ1v) is 13.3. The molecule has 2 aromatic rings. The monoisotopic (exact) mass is 538 g/mol. The molecule has 2 amide bonds. The molecular weight excluding hydrogens is 504 g/mol. The van der Waals surface area contributed by atoms with Crippen LogP contribution in [0.3, 0.4) is 0 Å². The highest BCUT2D eigenvalue weighted by Gasteiger charge is 2.32. The molecule has 1 heterocycles. The van der Waals surface area contributed by atoms with Gasteiger partial charge in [0.25, 0.3) is 0 Å². The van der Waals surface area contributed by atoms with E-state index in [4.69, 9.17) is 10.5 Å². The third-order valence-electron chi connectivity index (χ3n) is 5.76. The van der Waals surface area contributed by atoms with Crippen LogP contribution in [0, 0.1) is 5.92 Å². The van der Waals surface area contributed by atoms with Crippen LogP contribution < -0.4 is 20.7 Å². The zero-order valence-electron chi connectivity index (χ0n) is 20.8. The maximum Gasteiger partial charge on any atom is 0.245 e. The molecule has 9 nitrogen and oxygen atoms in total. The van der Waals surface area contributed by atoms with E-state index >= 15 is 0 Å². The number of para-hydroxylation sites is 1. The van der Waals surface area contributed by atoms with Gasteiger partial charge in [-0.05, 0) is 43.4 Å². The van der Waals surface area contributed by atoms with E-state index in [1.165, 1.54) is 10.6 Å². The van der Waals surface area contributed by atoms with Gasteiger partial charge in [-0.3, -0.25) is 13.9 Å². The molecule has 3 rings (SSSR count). The number of hydrogen-bond donors (Lipinski definition) is 3. The Morgan fingerprint density at radius 1 is 1.14 bits per heavy atom. The van der Waals surface area contributed by atoms with Crippen LogP contribution in [-0.4, -0.2) is 57.8 Å². The van der Waals surface area contributed by atoms with Gasteiger partial charge in [0.05, 0.1) is 30.7 Å². The summed E-state index contributed by atoms with van der Waals surface area (Å²) in [7, 11) is -3.47. The fraction of sp³-hybridized carbons (Fsp3) is 0.440. The van der Waals surface area contributed by atoms with Gasteiger partial charge in [0.1, 0.15) is 6.04 Å².